The number of esters is 1. The van der Waals surface area contributed by atoms with Gasteiger partial charge in [-0.25, -0.2) is 0 Å². The number of nitro benzene ring substituents is 1. The molecule has 2 aliphatic carbocycles. The predicted molar refractivity (Wildman–Crippen MR) is 123 cm³/mol. The zero-order valence-corrected chi connectivity index (χ0v) is 18.5. The van der Waals surface area contributed by atoms with Crippen LogP contribution in [0, 0.1) is 15.5 Å². The van der Waals surface area contributed by atoms with Crippen molar-refractivity contribution >= 4 is 28.9 Å². The number of non-ortho nitro benzene ring substituents is 1. The molecule has 0 fully saturated rings. The van der Waals surface area contributed by atoms with Gasteiger partial charge >= 0.3 is 5.97 Å². The summed E-state index contributed by atoms with van der Waals surface area (Å²) in [7, 11) is 0. The Labute approximate surface area is 190 Å². The van der Waals surface area contributed by atoms with Crippen LogP contribution >= 0.6 is 0 Å². The third-order valence-electron chi connectivity index (χ3n) is 6.31. The van der Waals surface area contributed by atoms with Gasteiger partial charge in [-0.05, 0) is 17.4 Å². The van der Waals surface area contributed by atoms with Crippen LogP contribution in [-0.2, 0) is 14.3 Å². The first-order chi connectivity index (χ1) is 15.7. The van der Waals surface area contributed by atoms with Gasteiger partial charge < -0.3 is 4.74 Å². The number of aliphatic imine (C=N–C) groups is 1. The highest BCUT2D eigenvalue weighted by Crippen LogP contribution is 2.52. The normalized spacial score (nSPS) is 20.6. The number of allylic oxidation sites excluding steroid dienone is 3. The topological polar surface area (TPSA) is 98.9 Å². The summed E-state index contributed by atoms with van der Waals surface area (Å²) in [5.41, 5.74) is 4.34. The fraction of sp³-hybridized carbons (Fsp3) is 0.269. The standard InChI is InChI=1S/C26H22N2O5/c1-14(29)33-25-18-10-5-4-9-17(18)24-23(25)21(15-7-6-8-16(11-15)28(31)32)22-19(27-24)12-26(2,3)13-20(22)30/h4-11,21H,12-13H2,1-3H3/t21-/m1/s1. The lowest BCUT2D eigenvalue weighted by Crippen LogP contribution is -2.32. The van der Waals surface area contributed by atoms with E-state index in [-0.39, 0.29) is 16.9 Å². The molecule has 33 heavy (non-hydrogen) atoms. The van der Waals surface area contributed by atoms with E-state index in [4.69, 9.17) is 9.73 Å². The van der Waals surface area contributed by atoms with Crippen molar-refractivity contribution in [1.82, 2.24) is 0 Å². The van der Waals surface area contributed by atoms with E-state index >= 15 is 0 Å². The van der Waals surface area contributed by atoms with Crippen LogP contribution in [0.3, 0.4) is 0 Å². The van der Waals surface area contributed by atoms with E-state index in [1.165, 1.54) is 19.1 Å². The Morgan fingerprint density at radius 2 is 1.82 bits per heavy atom. The van der Waals surface area contributed by atoms with Gasteiger partial charge in [-0.3, -0.25) is 24.7 Å². The van der Waals surface area contributed by atoms with Gasteiger partial charge in [0.05, 0.1) is 10.6 Å². The van der Waals surface area contributed by atoms with Crippen LogP contribution in [0.1, 0.15) is 56.2 Å². The van der Waals surface area contributed by atoms with Crippen molar-refractivity contribution in [2.24, 2.45) is 10.4 Å². The van der Waals surface area contributed by atoms with Crippen LogP contribution in [-0.4, -0.2) is 22.4 Å². The number of rotatable bonds is 3. The Kier molecular flexibility index (Phi) is 4.67. The van der Waals surface area contributed by atoms with Crippen molar-refractivity contribution in [1.29, 1.82) is 0 Å². The first-order valence-corrected chi connectivity index (χ1v) is 10.8. The first-order valence-electron chi connectivity index (χ1n) is 10.8. The van der Waals surface area contributed by atoms with Crippen molar-refractivity contribution in [3.05, 3.63) is 92.2 Å². The van der Waals surface area contributed by atoms with Gasteiger partial charge in [0, 0.05) is 59.4 Å². The number of fused-ring (bicyclic) bond motifs is 3. The van der Waals surface area contributed by atoms with Crippen molar-refractivity contribution < 1.29 is 19.2 Å². The van der Waals surface area contributed by atoms with Gasteiger partial charge in [-0.15, -0.1) is 0 Å². The molecule has 2 aromatic rings. The first kappa shape index (κ1) is 21.0. The molecule has 0 saturated heterocycles. The summed E-state index contributed by atoms with van der Waals surface area (Å²) in [5, 5.41) is 11.5. The number of ketones is 1. The molecule has 1 aliphatic heterocycles. The highest BCUT2D eigenvalue weighted by atomic mass is 16.6. The third-order valence-corrected chi connectivity index (χ3v) is 6.31. The molecule has 166 valence electrons. The molecule has 7 nitrogen and oxygen atoms in total. The highest BCUT2D eigenvalue weighted by Gasteiger charge is 2.46. The lowest BCUT2D eigenvalue weighted by molar-refractivity contribution is -0.384. The van der Waals surface area contributed by atoms with Gasteiger partial charge in [-0.1, -0.05) is 50.2 Å². The van der Waals surface area contributed by atoms with Crippen LogP contribution < -0.4 is 0 Å². The van der Waals surface area contributed by atoms with Crippen LogP contribution in [0.4, 0.5) is 5.69 Å². The molecule has 0 N–H and O–H groups in total. The highest BCUT2D eigenvalue weighted by molar-refractivity contribution is 6.26. The van der Waals surface area contributed by atoms with Gasteiger partial charge in [0.2, 0.25) is 0 Å². The molecule has 2 aromatic carbocycles. The Bertz CT molecular complexity index is 1350. The number of carbonyl (C=O) groups excluding carboxylic acids is 2. The van der Waals surface area contributed by atoms with E-state index in [2.05, 4.69) is 0 Å². The zero-order chi connectivity index (χ0) is 23.5. The maximum Gasteiger partial charge on any atom is 0.308 e. The second kappa shape index (κ2) is 7.33. The molecule has 0 amide bonds. The Hall–Kier alpha value is -3.87. The second-order valence-corrected chi connectivity index (χ2v) is 9.43. The molecule has 1 heterocycles. The summed E-state index contributed by atoms with van der Waals surface area (Å²) in [6.07, 6.45) is 0.965. The van der Waals surface area contributed by atoms with Crippen molar-refractivity contribution in [3.63, 3.8) is 0 Å². The minimum absolute atomic E-state index is 0.0359. The van der Waals surface area contributed by atoms with Crippen LogP contribution in [0.2, 0.25) is 0 Å². The number of hydrogen-bond acceptors (Lipinski definition) is 6. The fourth-order valence-electron chi connectivity index (χ4n) is 5.09. The van der Waals surface area contributed by atoms with E-state index in [0.29, 0.717) is 46.7 Å². The molecule has 0 aromatic heterocycles. The molecular formula is C26H22N2O5. The molecule has 1 atom stereocenters. The van der Waals surface area contributed by atoms with E-state index in [9.17, 15) is 19.7 Å². The maximum atomic E-state index is 13.4. The molecule has 7 heteroatoms. The summed E-state index contributed by atoms with van der Waals surface area (Å²) in [6.45, 7) is 5.40. The molecule has 3 aliphatic rings. The number of benzene rings is 2. The largest absolute Gasteiger partial charge is 0.426 e. The maximum absolute atomic E-state index is 13.4. The van der Waals surface area contributed by atoms with Gasteiger partial charge in [0.1, 0.15) is 5.76 Å². The molecule has 0 unspecified atom stereocenters. The Balaban J connectivity index is 1.83. The minimum atomic E-state index is -0.613. The zero-order valence-electron chi connectivity index (χ0n) is 18.5. The van der Waals surface area contributed by atoms with Crippen molar-refractivity contribution in [2.45, 2.75) is 39.5 Å². The van der Waals surface area contributed by atoms with E-state index in [1.807, 2.05) is 38.1 Å². The van der Waals surface area contributed by atoms with Gasteiger partial charge in [0.15, 0.2) is 5.78 Å². The molecule has 5 rings (SSSR count). The smallest absolute Gasteiger partial charge is 0.308 e. The molecule has 0 radical (unpaired) electrons. The van der Waals surface area contributed by atoms with E-state index in [0.717, 1.165) is 11.1 Å². The minimum Gasteiger partial charge on any atom is -0.426 e. The van der Waals surface area contributed by atoms with Gasteiger partial charge in [-0.2, -0.15) is 0 Å². The number of hydrogen-bond donors (Lipinski definition) is 0. The number of Topliss-reactive ketones (excluding diaryl/α,β-unsaturated/α-hetero) is 1. The summed E-state index contributed by atoms with van der Waals surface area (Å²) < 4.78 is 5.68. The van der Waals surface area contributed by atoms with E-state index in [1.54, 1.807) is 12.1 Å². The molecular weight excluding hydrogens is 420 g/mol. The second-order valence-electron chi connectivity index (χ2n) is 9.43. The summed E-state index contributed by atoms with van der Waals surface area (Å²) in [4.78, 5) is 41.5. The number of carbonyl (C=O) groups is 2. The Morgan fingerprint density at radius 3 is 2.52 bits per heavy atom. The third kappa shape index (κ3) is 3.40. The number of nitro groups is 1. The van der Waals surface area contributed by atoms with Crippen LogP contribution in [0.15, 0.2) is 70.4 Å². The van der Waals surface area contributed by atoms with Crippen molar-refractivity contribution in [2.75, 3.05) is 0 Å². The van der Waals surface area contributed by atoms with Gasteiger partial charge in [0.25, 0.3) is 5.69 Å². The lowest BCUT2D eigenvalue weighted by Gasteiger charge is -2.37. The summed E-state index contributed by atoms with van der Waals surface area (Å²) >= 11 is 0. The fourth-order valence-corrected chi connectivity index (χ4v) is 5.09. The molecule has 0 spiro atoms. The van der Waals surface area contributed by atoms with Crippen molar-refractivity contribution in [3.8, 4) is 0 Å². The lowest BCUT2D eigenvalue weighted by atomic mass is 9.68. The molecule has 0 saturated carbocycles. The quantitative estimate of drug-likeness (QED) is 0.374. The Morgan fingerprint density at radius 1 is 1.09 bits per heavy atom. The average Bonchev–Trinajstić information content (AvgIpc) is 3.04. The molecule has 0 bridgehead atoms. The van der Waals surface area contributed by atoms with Crippen LogP contribution in [0.5, 0.6) is 0 Å². The predicted octanol–water partition coefficient (Wildman–Crippen LogP) is 5.11. The summed E-state index contributed by atoms with van der Waals surface area (Å²) in [6, 6.07) is 13.8. The summed E-state index contributed by atoms with van der Waals surface area (Å²) in [5.74, 6) is -0.774. The number of nitrogens with zero attached hydrogens (tertiary/aromatic N) is 2. The SMILES string of the molecule is CC(=O)OC1=C2C(=NC3=C(C(=O)CC(C)(C)C3)[C@H]2c2cccc([N+](=O)[O-])c2)c2ccccc21. The average molecular weight is 442 g/mol. The van der Waals surface area contributed by atoms with E-state index < -0.39 is 16.8 Å². The number of ether oxygens (including phenoxy) is 1. The van der Waals surface area contributed by atoms with Crippen LogP contribution in [0.25, 0.3) is 5.76 Å². The monoisotopic (exact) mass is 442 g/mol.